The summed E-state index contributed by atoms with van der Waals surface area (Å²) in [6, 6.07) is 10.9. The fraction of sp³-hybridized carbons (Fsp3) is 0.429. The average molecular weight is 534 g/mol. The summed E-state index contributed by atoms with van der Waals surface area (Å²) in [6.07, 6.45) is -0.106. The lowest BCUT2D eigenvalue weighted by atomic mass is 9.82. The first-order valence-electron chi connectivity index (χ1n) is 13.1. The topological polar surface area (TPSA) is 117 Å². The lowest BCUT2D eigenvalue weighted by Gasteiger charge is -2.35. The van der Waals surface area contributed by atoms with Gasteiger partial charge in [-0.25, -0.2) is 4.98 Å². The minimum atomic E-state index is -1.34. The Hall–Kier alpha value is -3.96. The minimum Gasteiger partial charge on any atom is -0.497 e. The van der Waals surface area contributed by atoms with Gasteiger partial charge in [-0.2, -0.15) is 0 Å². The quantitative estimate of drug-likeness (QED) is 0.430. The van der Waals surface area contributed by atoms with Crippen molar-refractivity contribution in [2.24, 2.45) is 0 Å². The van der Waals surface area contributed by atoms with E-state index in [1.807, 2.05) is 18.2 Å². The van der Waals surface area contributed by atoms with E-state index in [2.05, 4.69) is 15.1 Å². The van der Waals surface area contributed by atoms with Crippen molar-refractivity contribution in [1.82, 2.24) is 20.1 Å². The number of pyridine rings is 1. The third-order valence-electron chi connectivity index (χ3n) is 7.95. The lowest BCUT2D eigenvalue weighted by Crippen LogP contribution is -2.47. The molecule has 1 aromatic carbocycles. The molecule has 2 fully saturated rings. The van der Waals surface area contributed by atoms with Crippen LogP contribution in [0.1, 0.15) is 28.1 Å². The van der Waals surface area contributed by atoms with Crippen molar-refractivity contribution in [1.29, 1.82) is 0 Å². The molecule has 0 saturated carbocycles. The molecular weight excluding hydrogens is 502 g/mol. The van der Waals surface area contributed by atoms with Gasteiger partial charge in [0.25, 0.3) is 5.91 Å². The van der Waals surface area contributed by atoms with Gasteiger partial charge in [-0.15, -0.1) is 0 Å². The number of aromatic nitrogens is 1. The number of hydrogen-bond donors (Lipinski definition) is 1. The van der Waals surface area contributed by atoms with Crippen molar-refractivity contribution < 1.29 is 28.3 Å². The first kappa shape index (κ1) is 25.3. The highest BCUT2D eigenvalue weighted by Crippen LogP contribution is 2.39. The van der Waals surface area contributed by atoms with Crippen LogP contribution in [0.5, 0.6) is 5.75 Å². The van der Waals surface area contributed by atoms with E-state index >= 15 is 0 Å². The van der Waals surface area contributed by atoms with Gasteiger partial charge < -0.3 is 23.7 Å². The van der Waals surface area contributed by atoms with E-state index in [-0.39, 0.29) is 18.9 Å². The first-order valence-corrected chi connectivity index (χ1v) is 13.1. The predicted octanol–water partition coefficient (Wildman–Crippen LogP) is 1.55. The second-order valence-corrected chi connectivity index (χ2v) is 10.3. The minimum absolute atomic E-state index is 0.0104. The van der Waals surface area contributed by atoms with Gasteiger partial charge in [0.1, 0.15) is 28.3 Å². The number of amides is 3. The Labute approximate surface area is 225 Å². The summed E-state index contributed by atoms with van der Waals surface area (Å²) in [5.74, 6) is 0.670. The zero-order valence-electron chi connectivity index (χ0n) is 22.1. The Morgan fingerprint density at radius 1 is 1.05 bits per heavy atom. The Kier molecular flexibility index (Phi) is 6.48. The van der Waals surface area contributed by atoms with Gasteiger partial charge in [0, 0.05) is 64.6 Å². The number of ether oxygens (including phenoxy) is 2. The van der Waals surface area contributed by atoms with E-state index in [0.717, 1.165) is 44.1 Å². The van der Waals surface area contributed by atoms with E-state index < -0.39 is 17.2 Å². The molecule has 3 aliphatic rings. The predicted molar refractivity (Wildman–Crippen MR) is 142 cm³/mol. The van der Waals surface area contributed by atoms with Crippen LogP contribution in [-0.4, -0.2) is 92.6 Å². The monoisotopic (exact) mass is 533 g/mol. The summed E-state index contributed by atoms with van der Waals surface area (Å²) in [5, 5.41) is 2.42. The maximum atomic E-state index is 13.3. The van der Waals surface area contributed by atoms with E-state index in [4.69, 9.17) is 18.9 Å². The number of anilines is 1. The van der Waals surface area contributed by atoms with Crippen LogP contribution < -0.4 is 15.0 Å². The average Bonchev–Trinajstić information content (AvgIpc) is 3.60. The number of hydrogen-bond acceptors (Lipinski definition) is 9. The highest BCUT2D eigenvalue weighted by Gasteiger charge is 2.53. The molecule has 0 radical (unpaired) electrons. The van der Waals surface area contributed by atoms with Gasteiger partial charge in [0.2, 0.25) is 11.8 Å². The van der Waals surface area contributed by atoms with Crippen molar-refractivity contribution in [3.63, 3.8) is 0 Å². The van der Waals surface area contributed by atoms with Crippen LogP contribution >= 0.6 is 0 Å². The van der Waals surface area contributed by atoms with E-state index in [1.54, 1.807) is 37.3 Å². The van der Waals surface area contributed by atoms with Crippen molar-refractivity contribution in [2.75, 3.05) is 65.0 Å². The number of piperazine rings is 1. The summed E-state index contributed by atoms with van der Waals surface area (Å²) >= 11 is 0. The second-order valence-electron chi connectivity index (χ2n) is 10.3. The Morgan fingerprint density at radius 3 is 2.59 bits per heavy atom. The number of methoxy groups -OCH3 is 2. The number of furan rings is 1. The maximum Gasteiger partial charge on any atom is 0.254 e. The molecule has 11 heteroatoms. The molecule has 5 heterocycles. The molecule has 204 valence electrons. The number of carbonyl (C=O) groups is 3. The van der Waals surface area contributed by atoms with Crippen molar-refractivity contribution >= 4 is 34.6 Å². The summed E-state index contributed by atoms with van der Waals surface area (Å²) in [4.78, 5) is 50.0. The van der Waals surface area contributed by atoms with Crippen LogP contribution in [-0.2, 0) is 26.3 Å². The van der Waals surface area contributed by atoms with Crippen molar-refractivity contribution in [2.45, 2.75) is 18.4 Å². The third-order valence-corrected chi connectivity index (χ3v) is 7.95. The molecule has 0 unspecified atom stereocenters. The van der Waals surface area contributed by atoms with Gasteiger partial charge >= 0.3 is 0 Å². The third kappa shape index (κ3) is 4.51. The largest absolute Gasteiger partial charge is 0.497 e. The summed E-state index contributed by atoms with van der Waals surface area (Å²) < 4.78 is 16.6. The van der Waals surface area contributed by atoms with E-state index in [0.29, 0.717) is 41.3 Å². The Bertz CT molecular complexity index is 1450. The molecule has 3 amide bonds. The second kappa shape index (κ2) is 9.97. The maximum absolute atomic E-state index is 13.3. The molecule has 0 spiro atoms. The SMILES string of the molecule is COCCN1CCN(c2ccc3oc([C@]4(CN5Cc6ccc(OC)cc6C5=O)CC(=O)NC4=O)cc3n2)CC1. The number of rotatable bonds is 8. The van der Waals surface area contributed by atoms with Gasteiger partial charge in [-0.05, 0) is 29.8 Å². The summed E-state index contributed by atoms with van der Waals surface area (Å²) in [5.41, 5.74) is 1.18. The number of nitrogens with one attached hydrogen (secondary N) is 1. The standard InChI is InChI=1S/C28H31N5O6/c1-37-12-11-31-7-9-32(10-8-31)24-6-5-22-21(29-24)14-23(39-22)28(15-25(34)30-27(28)36)17-33-16-18-3-4-19(38-2)13-20(18)26(33)35/h3-6,13-14H,7-12,15-17H2,1-2H3,(H,30,34,36)/t28-/m1/s1. The number of imide groups is 1. The molecule has 3 aliphatic heterocycles. The molecule has 0 aliphatic carbocycles. The molecule has 0 bridgehead atoms. The number of fused-ring (bicyclic) bond motifs is 2. The van der Waals surface area contributed by atoms with Crippen molar-refractivity contribution in [3.8, 4) is 5.75 Å². The normalized spacial score (nSPS) is 21.6. The van der Waals surface area contributed by atoms with Gasteiger partial charge in [-0.3, -0.25) is 24.6 Å². The molecule has 6 rings (SSSR count). The molecule has 2 aromatic heterocycles. The number of carbonyl (C=O) groups excluding carboxylic acids is 3. The fourth-order valence-corrected chi connectivity index (χ4v) is 5.72. The molecule has 1 atom stereocenters. The highest BCUT2D eigenvalue weighted by molar-refractivity contribution is 6.10. The van der Waals surface area contributed by atoms with Crippen LogP contribution in [0.3, 0.4) is 0 Å². The Balaban J connectivity index is 1.26. The van der Waals surface area contributed by atoms with Crippen LogP contribution in [0.25, 0.3) is 11.1 Å². The molecular formula is C28H31N5O6. The first-order chi connectivity index (χ1) is 18.9. The van der Waals surface area contributed by atoms with Crippen LogP contribution in [0.15, 0.2) is 40.8 Å². The van der Waals surface area contributed by atoms with Crippen LogP contribution in [0.4, 0.5) is 5.82 Å². The molecule has 3 aromatic rings. The van der Waals surface area contributed by atoms with Gasteiger partial charge in [0.15, 0.2) is 5.58 Å². The number of benzene rings is 1. The molecule has 2 saturated heterocycles. The smallest absolute Gasteiger partial charge is 0.254 e. The molecule has 1 N–H and O–H groups in total. The Morgan fingerprint density at radius 2 is 1.87 bits per heavy atom. The van der Waals surface area contributed by atoms with Gasteiger partial charge in [0.05, 0.1) is 20.1 Å². The van der Waals surface area contributed by atoms with Gasteiger partial charge in [-0.1, -0.05) is 6.07 Å². The van der Waals surface area contributed by atoms with Crippen LogP contribution in [0.2, 0.25) is 0 Å². The molecule has 39 heavy (non-hydrogen) atoms. The molecule has 11 nitrogen and oxygen atoms in total. The van der Waals surface area contributed by atoms with Crippen LogP contribution in [0, 0.1) is 0 Å². The summed E-state index contributed by atoms with van der Waals surface area (Å²) in [6.45, 7) is 5.49. The lowest BCUT2D eigenvalue weighted by molar-refractivity contribution is -0.127. The zero-order valence-corrected chi connectivity index (χ0v) is 22.1. The fourth-order valence-electron chi connectivity index (χ4n) is 5.72. The zero-order chi connectivity index (χ0) is 27.1. The van der Waals surface area contributed by atoms with E-state index in [9.17, 15) is 14.4 Å². The summed E-state index contributed by atoms with van der Waals surface area (Å²) in [7, 11) is 3.26. The highest BCUT2D eigenvalue weighted by atomic mass is 16.5. The van der Waals surface area contributed by atoms with E-state index in [1.165, 1.54) is 0 Å². The number of nitrogens with zero attached hydrogens (tertiary/aromatic N) is 4. The van der Waals surface area contributed by atoms with Crippen molar-refractivity contribution in [3.05, 3.63) is 53.3 Å².